The maximum atomic E-state index is 13.1. The van der Waals surface area contributed by atoms with Crippen LogP contribution in [0.1, 0.15) is 16.7 Å². The van der Waals surface area contributed by atoms with E-state index in [1.807, 2.05) is 19.1 Å². The van der Waals surface area contributed by atoms with Crippen LogP contribution in [0.15, 0.2) is 82.6 Å². The molecule has 1 heterocycles. The van der Waals surface area contributed by atoms with Gasteiger partial charge in [0.2, 0.25) is 5.88 Å². The molecule has 0 aliphatic heterocycles. The fourth-order valence-electron chi connectivity index (χ4n) is 3.43. The molecule has 3 aromatic carbocycles. The topological polar surface area (TPSA) is 54.6 Å². The number of aryl methyl sites for hydroxylation is 1. The Morgan fingerprint density at radius 1 is 0.935 bits per heavy atom. The van der Waals surface area contributed by atoms with E-state index in [0.717, 1.165) is 17.7 Å². The van der Waals surface area contributed by atoms with Gasteiger partial charge in [-0.15, -0.1) is 0 Å². The Morgan fingerprint density at radius 2 is 1.61 bits per heavy atom. The highest BCUT2D eigenvalue weighted by atomic mass is 19.4. The van der Waals surface area contributed by atoms with E-state index in [1.54, 1.807) is 36.4 Å². The first-order valence-electron chi connectivity index (χ1n) is 9.41. The summed E-state index contributed by atoms with van der Waals surface area (Å²) in [6.45, 7) is 1.81. The Bertz CT molecular complexity index is 1370. The summed E-state index contributed by atoms with van der Waals surface area (Å²) < 4.78 is 40.2. The number of hydrogen-bond acceptors (Lipinski definition) is 3. The van der Waals surface area contributed by atoms with E-state index in [2.05, 4.69) is 4.99 Å². The molecule has 0 bridgehead atoms. The summed E-state index contributed by atoms with van der Waals surface area (Å²) in [5.41, 5.74) is 0.364. The molecule has 0 unspecified atom stereocenters. The maximum Gasteiger partial charge on any atom is 0.416 e. The zero-order valence-corrected chi connectivity index (χ0v) is 16.4. The lowest BCUT2D eigenvalue weighted by molar-refractivity contribution is -0.137. The Hall–Kier alpha value is -3.87. The molecular weight excluding hydrogens is 405 g/mol. The van der Waals surface area contributed by atoms with Crippen LogP contribution < -0.4 is 5.56 Å². The fourth-order valence-corrected chi connectivity index (χ4v) is 3.43. The monoisotopic (exact) mass is 422 g/mol. The van der Waals surface area contributed by atoms with Crippen LogP contribution >= 0.6 is 0 Å². The zero-order valence-electron chi connectivity index (χ0n) is 16.4. The van der Waals surface area contributed by atoms with Crippen LogP contribution in [0, 0.1) is 6.92 Å². The Morgan fingerprint density at radius 3 is 2.32 bits per heavy atom. The second-order valence-electron chi connectivity index (χ2n) is 7.02. The van der Waals surface area contributed by atoms with Crippen LogP contribution in [-0.4, -0.2) is 15.9 Å². The van der Waals surface area contributed by atoms with Crippen molar-refractivity contribution < 1.29 is 18.3 Å². The van der Waals surface area contributed by atoms with Crippen molar-refractivity contribution >= 4 is 22.7 Å². The molecule has 156 valence electrons. The minimum Gasteiger partial charge on any atom is -0.494 e. The predicted octanol–water partition coefficient (Wildman–Crippen LogP) is 5.77. The molecule has 0 saturated heterocycles. The van der Waals surface area contributed by atoms with Gasteiger partial charge in [-0.2, -0.15) is 13.2 Å². The molecule has 0 amide bonds. The average molecular weight is 422 g/mol. The van der Waals surface area contributed by atoms with Crippen molar-refractivity contribution in [2.75, 3.05) is 0 Å². The van der Waals surface area contributed by atoms with E-state index in [9.17, 15) is 23.1 Å². The minimum absolute atomic E-state index is 0.0759. The number of alkyl halides is 3. The molecule has 1 aromatic heterocycles. The van der Waals surface area contributed by atoms with Gasteiger partial charge < -0.3 is 5.11 Å². The summed E-state index contributed by atoms with van der Waals surface area (Å²) in [4.78, 5) is 17.3. The zero-order chi connectivity index (χ0) is 22.2. The first-order chi connectivity index (χ1) is 14.8. The quantitative estimate of drug-likeness (QED) is 0.426. The van der Waals surface area contributed by atoms with Gasteiger partial charge in [-0.1, -0.05) is 42.5 Å². The van der Waals surface area contributed by atoms with Gasteiger partial charge in [0.05, 0.1) is 22.5 Å². The number of aromatic nitrogens is 1. The van der Waals surface area contributed by atoms with E-state index in [4.69, 9.17) is 0 Å². The largest absolute Gasteiger partial charge is 0.494 e. The highest BCUT2D eigenvalue weighted by Gasteiger charge is 2.30. The number of halogens is 3. The number of nitrogens with zero attached hydrogens (tertiary/aromatic N) is 2. The van der Waals surface area contributed by atoms with Gasteiger partial charge in [0.15, 0.2) is 0 Å². The highest BCUT2D eigenvalue weighted by molar-refractivity contribution is 6.02. The average Bonchev–Trinajstić information content (AvgIpc) is 2.75. The van der Waals surface area contributed by atoms with Crippen molar-refractivity contribution in [1.29, 1.82) is 0 Å². The number of benzene rings is 3. The third kappa shape index (κ3) is 3.82. The van der Waals surface area contributed by atoms with E-state index in [-0.39, 0.29) is 17.1 Å². The molecule has 7 heteroatoms. The Kier molecular flexibility index (Phi) is 5.10. The summed E-state index contributed by atoms with van der Waals surface area (Å²) in [7, 11) is 0. The molecule has 0 saturated carbocycles. The summed E-state index contributed by atoms with van der Waals surface area (Å²) >= 11 is 0. The third-order valence-electron chi connectivity index (χ3n) is 4.98. The predicted molar refractivity (Wildman–Crippen MR) is 115 cm³/mol. The molecular formula is C24H17F3N2O2. The lowest BCUT2D eigenvalue weighted by Gasteiger charge is -2.15. The number of aromatic hydroxyl groups is 1. The van der Waals surface area contributed by atoms with Crippen LogP contribution in [0.4, 0.5) is 18.9 Å². The first kappa shape index (κ1) is 20.4. The Balaban J connectivity index is 1.94. The van der Waals surface area contributed by atoms with E-state index < -0.39 is 17.3 Å². The molecule has 4 rings (SSSR count). The number of aliphatic imine (C=N–C) groups is 1. The third-order valence-corrected chi connectivity index (χ3v) is 4.98. The SMILES string of the molecule is Cc1ccccc1-n1c(O)c(C=Nc2cccc(C(F)(F)F)c2)c2ccccc2c1=O. The minimum atomic E-state index is -4.49. The molecule has 31 heavy (non-hydrogen) atoms. The fraction of sp³-hybridized carbons (Fsp3) is 0.0833. The number of hydrogen-bond donors (Lipinski definition) is 1. The standard InChI is InChI=1S/C24H17F3N2O2/c1-15-7-2-5-12-21(15)29-22(30)19-11-4-3-10-18(19)20(23(29)31)14-28-17-9-6-8-16(13-17)24(25,26)27/h2-14,31H,1H3. The molecule has 1 N–H and O–H groups in total. The van der Waals surface area contributed by atoms with E-state index in [1.165, 1.54) is 22.9 Å². The van der Waals surface area contributed by atoms with Gasteiger partial charge in [0, 0.05) is 17.0 Å². The van der Waals surface area contributed by atoms with E-state index >= 15 is 0 Å². The Labute approximate surface area is 175 Å². The molecule has 0 aliphatic rings. The van der Waals surface area contributed by atoms with Crippen molar-refractivity contribution in [3.8, 4) is 11.6 Å². The normalized spacial score (nSPS) is 12.0. The van der Waals surface area contributed by atoms with Crippen LogP contribution in [0.3, 0.4) is 0 Å². The summed E-state index contributed by atoms with van der Waals surface area (Å²) in [5.74, 6) is -0.339. The molecule has 4 aromatic rings. The van der Waals surface area contributed by atoms with Gasteiger partial charge >= 0.3 is 6.18 Å². The number of pyridine rings is 1. The second-order valence-corrected chi connectivity index (χ2v) is 7.02. The van der Waals surface area contributed by atoms with Gasteiger partial charge in [-0.25, -0.2) is 4.57 Å². The smallest absolute Gasteiger partial charge is 0.416 e. The molecule has 0 aliphatic carbocycles. The number of para-hydroxylation sites is 1. The van der Waals surface area contributed by atoms with Crippen LogP contribution in [0.25, 0.3) is 16.5 Å². The molecule has 0 spiro atoms. The van der Waals surface area contributed by atoms with Crippen molar-refractivity contribution in [1.82, 2.24) is 4.57 Å². The summed E-state index contributed by atoms with van der Waals surface area (Å²) in [5, 5.41) is 11.8. The molecule has 4 nitrogen and oxygen atoms in total. The maximum absolute atomic E-state index is 13.1. The van der Waals surface area contributed by atoms with Gasteiger partial charge in [0.1, 0.15) is 0 Å². The van der Waals surface area contributed by atoms with E-state index in [0.29, 0.717) is 16.5 Å². The van der Waals surface area contributed by atoms with Crippen LogP contribution in [0.2, 0.25) is 0 Å². The number of fused-ring (bicyclic) bond motifs is 1. The molecule has 0 radical (unpaired) electrons. The van der Waals surface area contributed by atoms with Crippen molar-refractivity contribution in [2.45, 2.75) is 13.1 Å². The van der Waals surface area contributed by atoms with Crippen molar-refractivity contribution in [3.63, 3.8) is 0 Å². The second kappa shape index (κ2) is 7.75. The van der Waals surface area contributed by atoms with Crippen molar-refractivity contribution in [2.24, 2.45) is 4.99 Å². The van der Waals surface area contributed by atoms with Crippen molar-refractivity contribution in [3.05, 3.63) is 99.8 Å². The lowest BCUT2D eigenvalue weighted by atomic mass is 10.1. The highest BCUT2D eigenvalue weighted by Crippen LogP contribution is 2.32. The molecule has 0 fully saturated rings. The summed E-state index contributed by atoms with van der Waals surface area (Å²) in [6, 6.07) is 18.4. The lowest BCUT2D eigenvalue weighted by Crippen LogP contribution is -2.20. The van der Waals surface area contributed by atoms with Crippen LogP contribution in [0.5, 0.6) is 5.88 Å². The number of rotatable bonds is 3. The molecule has 0 atom stereocenters. The summed E-state index contributed by atoms with van der Waals surface area (Å²) in [6.07, 6.45) is -3.21. The van der Waals surface area contributed by atoms with Crippen LogP contribution in [-0.2, 0) is 6.18 Å². The van der Waals surface area contributed by atoms with Gasteiger partial charge in [-0.3, -0.25) is 9.79 Å². The van der Waals surface area contributed by atoms with Gasteiger partial charge in [0.25, 0.3) is 5.56 Å². The first-order valence-corrected chi connectivity index (χ1v) is 9.41. The van der Waals surface area contributed by atoms with Gasteiger partial charge in [-0.05, 0) is 42.8 Å².